The number of amides is 2. The zero-order valence-corrected chi connectivity index (χ0v) is 17.5. The summed E-state index contributed by atoms with van der Waals surface area (Å²) in [7, 11) is 1.97. The summed E-state index contributed by atoms with van der Waals surface area (Å²) in [4.78, 5) is 26.3. The van der Waals surface area contributed by atoms with Gasteiger partial charge in [0.1, 0.15) is 11.7 Å². The number of nitrogens with zero attached hydrogens (tertiary/aromatic N) is 3. The van der Waals surface area contributed by atoms with Gasteiger partial charge in [0, 0.05) is 37.2 Å². The summed E-state index contributed by atoms with van der Waals surface area (Å²) in [6.45, 7) is 5.75. The molecular formula is C24H23N3O3. The van der Waals surface area contributed by atoms with E-state index in [2.05, 4.69) is 35.8 Å². The molecular weight excluding hydrogens is 378 g/mol. The first-order chi connectivity index (χ1) is 14.3. The highest BCUT2D eigenvalue weighted by Gasteiger charge is 2.42. The number of hydrogen-bond donors (Lipinski definition) is 0. The van der Waals surface area contributed by atoms with Crippen molar-refractivity contribution in [3.05, 3.63) is 53.3 Å². The van der Waals surface area contributed by atoms with Gasteiger partial charge < -0.3 is 8.98 Å². The third-order valence-electron chi connectivity index (χ3n) is 5.86. The van der Waals surface area contributed by atoms with Crippen LogP contribution in [0.2, 0.25) is 0 Å². The molecule has 0 spiro atoms. The summed E-state index contributed by atoms with van der Waals surface area (Å²) in [6.07, 6.45) is 1.66. The molecule has 3 aromatic rings. The second-order valence-corrected chi connectivity index (χ2v) is 7.74. The number of hydrogen-bond acceptors (Lipinski definition) is 4. The van der Waals surface area contributed by atoms with Crippen LogP contribution in [0.1, 0.15) is 25.2 Å². The van der Waals surface area contributed by atoms with Crippen molar-refractivity contribution in [1.29, 1.82) is 5.26 Å². The van der Waals surface area contributed by atoms with Gasteiger partial charge in [-0.1, -0.05) is 36.8 Å². The number of fused-ring (bicyclic) bond motifs is 1. The molecule has 0 radical (unpaired) electrons. The third kappa shape index (κ3) is 3.03. The van der Waals surface area contributed by atoms with Crippen molar-refractivity contribution in [2.75, 3.05) is 6.54 Å². The summed E-state index contributed by atoms with van der Waals surface area (Å²) >= 11 is 0. The molecule has 2 unspecified atom stereocenters. The fraction of sp³-hybridized carbons (Fsp3) is 0.292. The van der Waals surface area contributed by atoms with Crippen molar-refractivity contribution in [3.63, 3.8) is 0 Å². The Morgan fingerprint density at radius 2 is 1.90 bits per heavy atom. The molecule has 0 saturated carbocycles. The van der Waals surface area contributed by atoms with Gasteiger partial charge in [0.05, 0.1) is 17.3 Å². The number of nitriles is 1. The van der Waals surface area contributed by atoms with Crippen LogP contribution in [0, 0.1) is 30.1 Å². The lowest BCUT2D eigenvalue weighted by Crippen LogP contribution is -2.49. The Morgan fingerprint density at radius 3 is 2.50 bits per heavy atom. The second kappa shape index (κ2) is 7.34. The van der Waals surface area contributed by atoms with Crippen LogP contribution in [-0.2, 0) is 16.6 Å². The number of imide groups is 1. The van der Waals surface area contributed by atoms with Crippen molar-refractivity contribution in [1.82, 2.24) is 9.47 Å². The number of likely N-dealkylation sites (tertiary alicyclic amines) is 1. The summed E-state index contributed by atoms with van der Waals surface area (Å²) in [5, 5.41) is 9.43. The minimum absolute atomic E-state index is 0.236. The number of benzene rings is 1. The molecule has 6 nitrogen and oxygen atoms in total. The van der Waals surface area contributed by atoms with E-state index in [0.717, 1.165) is 27.3 Å². The van der Waals surface area contributed by atoms with Crippen molar-refractivity contribution >= 4 is 29.0 Å². The van der Waals surface area contributed by atoms with Gasteiger partial charge in [0.2, 0.25) is 5.91 Å². The van der Waals surface area contributed by atoms with Crippen LogP contribution in [0.5, 0.6) is 0 Å². The predicted octanol–water partition coefficient (Wildman–Crippen LogP) is 4.29. The Balaban J connectivity index is 1.74. The highest BCUT2D eigenvalue weighted by atomic mass is 16.3. The van der Waals surface area contributed by atoms with E-state index in [1.807, 2.05) is 25.2 Å². The van der Waals surface area contributed by atoms with E-state index < -0.39 is 17.7 Å². The van der Waals surface area contributed by atoms with Gasteiger partial charge in [-0.05, 0) is 25.5 Å². The first-order valence-corrected chi connectivity index (χ1v) is 9.99. The molecule has 6 heteroatoms. The molecule has 2 aromatic heterocycles. The van der Waals surface area contributed by atoms with Crippen molar-refractivity contribution in [3.8, 4) is 17.3 Å². The topological polar surface area (TPSA) is 79.2 Å². The van der Waals surface area contributed by atoms with E-state index in [1.165, 1.54) is 5.56 Å². The van der Waals surface area contributed by atoms with E-state index in [-0.39, 0.29) is 12.5 Å². The van der Waals surface area contributed by atoms with E-state index in [0.29, 0.717) is 11.3 Å². The van der Waals surface area contributed by atoms with Crippen LogP contribution in [0.4, 0.5) is 0 Å². The lowest BCUT2D eigenvalue weighted by Gasteiger charge is -2.32. The Bertz CT molecular complexity index is 1220. The lowest BCUT2D eigenvalue weighted by molar-refractivity contribution is -0.147. The first kappa shape index (κ1) is 19.7. The largest absolute Gasteiger partial charge is 0.455 e. The molecule has 4 rings (SSSR count). The van der Waals surface area contributed by atoms with Gasteiger partial charge in [-0.15, -0.1) is 0 Å². The molecule has 1 aromatic carbocycles. The lowest BCUT2D eigenvalue weighted by atomic mass is 9.82. The Hall–Kier alpha value is -3.59. The molecule has 2 atom stereocenters. The summed E-state index contributed by atoms with van der Waals surface area (Å²) in [5.41, 5.74) is 5.38. The average molecular weight is 401 g/mol. The van der Waals surface area contributed by atoms with Crippen LogP contribution in [0.3, 0.4) is 0 Å². The smallest absolute Gasteiger partial charge is 0.256 e. The minimum atomic E-state index is -0.869. The third-order valence-corrected chi connectivity index (χ3v) is 5.86. The van der Waals surface area contributed by atoms with Gasteiger partial charge in [0.25, 0.3) is 5.91 Å². The van der Waals surface area contributed by atoms with Gasteiger partial charge in [0.15, 0.2) is 5.58 Å². The molecule has 1 saturated heterocycles. The van der Waals surface area contributed by atoms with Crippen molar-refractivity contribution < 1.29 is 14.0 Å². The zero-order valence-electron chi connectivity index (χ0n) is 17.5. The van der Waals surface area contributed by atoms with Gasteiger partial charge in [-0.2, -0.15) is 5.26 Å². The van der Waals surface area contributed by atoms with E-state index in [1.54, 1.807) is 19.9 Å². The zero-order chi connectivity index (χ0) is 21.6. The van der Waals surface area contributed by atoms with Crippen LogP contribution >= 0.6 is 0 Å². The normalized spacial score (nSPS) is 20.9. The molecule has 1 aliphatic heterocycles. The van der Waals surface area contributed by atoms with E-state index in [9.17, 15) is 14.9 Å². The molecule has 1 fully saturated rings. The van der Waals surface area contributed by atoms with E-state index in [4.69, 9.17) is 4.42 Å². The summed E-state index contributed by atoms with van der Waals surface area (Å²) in [6, 6.07) is 14.2. The number of aryl methyl sites for hydroxylation is 2. The van der Waals surface area contributed by atoms with Crippen LogP contribution in [-0.4, -0.2) is 27.8 Å². The summed E-state index contributed by atoms with van der Waals surface area (Å²) < 4.78 is 8.06. The molecule has 2 amide bonds. The second-order valence-electron chi connectivity index (χ2n) is 7.74. The van der Waals surface area contributed by atoms with Gasteiger partial charge in [-0.3, -0.25) is 14.5 Å². The van der Waals surface area contributed by atoms with Gasteiger partial charge in [-0.25, -0.2) is 0 Å². The fourth-order valence-corrected chi connectivity index (χ4v) is 4.03. The average Bonchev–Trinajstić information content (AvgIpc) is 3.25. The highest BCUT2D eigenvalue weighted by molar-refractivity contribution is 6.11. The molecule has 152 valence electrons. The Morgan fingerprint density at radius 1 is 1.20 bits per heavy atom. The molecule has 0 N–H and O–H groups in total. The van der Waals surface area contributed by atoms with Gasteiger partial charge >= 0.3 is 0 Å². The number of likely N-dealkylation sites (N-methyl/N-ethyl adjacent to an activating group) is 1. The highest BCUT2D eigenvalue weighted by Crippen LogP contribution is 2.34. The number of aromatic nitrogens is 1. The number of rotatable bonds is 3. The molecule has 3 heterocycles. The minimum Gasteiger partial charge on any atom is -0.455 e. The fourth-order valence-electron chi connectivity index (χ4n) is 4.03. The van der Waals surface area contributed by atoms with Crippen LogP contribution < -0.4 is 0 Å². The van der Waals surface area contributed by atoms with E-state index >= 15 is 0 Å². The number of furan rings is 1. The predicted molar refractivity (Wildman–Crippen MR) is 114 cm³/mol. The maximum atomic E-state index is 12.8. The molecule has 0 bridgehead atoms. The standard InChI is InChI=1S/C24H23N3O3/c1-5-27-23(28)18(15(3)19(13-25)24(27)29)10-17-11-21-22(30-17)12-20(26(21)4)16-8-6-14(2)7-9-16/h6-12,15,19H,5H2,1-4H3/b18-10-. The van der Waals surface area contributed by atoms with Crippen LogP contribution in [0.25, 0.3) is 28.4 Å². The summed E-state index contributed by atoms with van der Waals surface area (Å²) in [5.74, 6) is -1.62. The monoisotopic (exact) mass is 401 g/mol. The maximum absolute atomic E-state index is 12.8. The Kier molecular flexibility index (Phi) is 4.83. The number of carbonyl (C=O) groups excluding carboxylic acids is 2. The molecule has 0 aliphatic carbocycles. The SMILES string of the molecule is CCN1C(=O)/C(=C\c2cc3c(cc(-c4ccc(C)cc4)n3C)o2)C(C)C(C#N)C1=O. The molecule has 1 aliphatic rings. The molecule has 30 heavy (non-hydrogen) atoms. The number of carbonyl (C=O) groups is 2. The van der Waals surface area contributed by atoms with Crippen molar-refractivity contribution in [2.45, 2.75) is 20.8 Å². The maximum Gasteiger partial charge on any atom is 0.256 e. The quantitative estimate of drug-likeness (QED) is 0.484. The Labute approximate surface area is 175 Å². The number of piperidine rings is 1. The first-order valence-electron chi connectivity index (χ1n) is 9.99. The van der Waals surface area contributed by atoms with Crippen LogP contribution in [0.15, 0.2) is 46.4 Å². The van der Waals surface area contributed by atoms with Crippen molar-refractivity contribution in [2.24, 2.45) is 18.9 Å².